The zero-order valence-corrected chi connectivity index (χ0v) is 22.7. The molecule has 0 aliphatic carbocycles. The number of pyridine rings is 1. The van der Waals surface area contributed by atoms with Crippen molar-refractivity contribution in [3.63, 3.8) is 0 Å². The molecule has 11 heteroatoms. The van der Waals surface area contributed by atoms with E-state index < -0.39 is 0 Å². The molecule has 3 aromatic heterocycles. The molecule has 0 unspecified atom stereocenters. The lowest BCUT2D eigenvalue weighted by atomic mass is 10.0. The Balaban J connectivity index is 1.30. The fraction of sp³-hybridized carbons (Fsp3) is 0.250. The Morgan fingerprint density at radius 1 is 1.13 bits per heavy atom. The molecule has 1 aliphatic rings. The van der Waals surface area contributed by atoms with E-state index in [-0.39, 0.29) is 30.0 Å². The van der Waals surface area contributed by atoms with Gasteiger partial charge in [-0.2, -0.15) is 4.98 Å². The third-order valence-electron chi connectivity index (χ3n) is 6.43. The van der Waals surface area contributed by atoms with E-state index in [0.717, 1.165) is 21.5 Å². The molecule has 0 spiro atoms. The van der Waals surface area contributed by atoms with Gasteiger partial charge in [0.05, 0.1) is 34.2 Å². The van der Waals surface area contributed by atoms with Gasteiger partial charge in [0, 0.05) is 5.69 Å². The van der Waals surface area contributed by atoms with Crippen molar-refractivity contribution in [2.75, 3.05) is 27.5 Å². The lowest BCUT2D eigenvalue weighted by Gasteiger charge is -2.24. The molecule has 1 aromatic carbocycles. The molecule has 3 N–H and O–H groups in total. The molecule has 2 amide bonds. The predicted molar refractivity (Wildman–Crippen MR) is 155 cm³/mol. The SMILES string of the molecule is C=CC(=O)Nc1ccc(Nc2ccc([C@H](C)Nc3nc(N4C(=O)OC[C@@H]4C(C)C)c4sccc4n3)cc2)nc1. The number of amides is 2. The van der Waals surface area contributed by atoms with E-state index in [1.54, 1.807) is 23.2 Å². The summed E-state index contributed by atoms with van der Waals surface area (Å²) in [5, 5.41) is 11.3. The van der Waals surface area contributed by atoms with Gasteiger partial charge in [0.15, 0.2) is 5.82 Å². The summed E-state index contributed by atoms with van der Waals surface area (Å²) in [4.78, 5) is 39.5. The van der Waals surface area contributed by atoms with E-state index in [1.165, 1.54) is 17.4 Å². The summed E-state index contributed by atoms with van der Waals surface area (Å²) in [5.41, 5.74) is 3.27. The maximum atomic E-state index is 12.6. The van der Waals surface area contributed by atoms with Crippen LogP contribution in [0.4, 0.5) is 33.8 Å². The van der Waals surface area contributed by atoms with E-state index in [2.05, 4.69) is 46.3 Å². The van der Waals surface area contributed by atoms with Crippen LogP contribution < -0.4 is 20.9 Å². The standard InChI is InChI=1S/C28H29N7O3S/c1-5-24(36)32-20-10-11-23(29-14-20)31-19-8-6-18(7-9-19)17(4)30-27-33-21-12-13-39-25(21)26(34-27)35-22(16(2)3)15-38-28(35)37/h5-14,16-17,22H,1,15H2,2-4H3,(H,29,31)(H,32,36)(H,30,33,34)/t17-,22+/m0/s1. The summed E-state index contributed by atoms with van der Waals surface area (Å²) in [5.74, 6) is 1.60. The smallest absolute Gasteiger partial charge is 0.415 e. The van der Waals surface area contributed by atoms with E-state index in [1.807, 2.05) is 42.6 Å². The van der Waals surface area contributed by atoms with Crippen molar-refractivity contribution in [1.82, 2.24) is 15.0 Å². The minimum atomic E-state index is -0.380. The summed E-state index contributed by atoms with van der Waals surface area (Å²) in [6.07, 6.45) is 2.41. The van der Waals surface area contributed by atoms with Crippen molar-refractivity contribution in [3.05, 3.63) is 72.3 Å². The Kier molecular flexibility index (Phi) is 7.42. The normalized spacial score (nSPS) is 15.7. The zero-order chi connectivity index (χ0) is 27.5. The first-order valence-corrected chi connectivity index (χ1v) is 13.4. The summed E-state index contributed by atoms with van der Waals surface area (Å²) >= 11 is 1.51. The predicted octanol–water partition coefficient (Wildman–Crippen LogP) is 6.11. The van der Waals surface area contributed by atoms with Crippen LogP contribution >= 0.6 is 11.3 Å². The average Bonchev–Trinajstić information content (AvgIpc) is 3.56. The summed E-state index contributed by atoms with van der Waals surface area (Å²) in [6, 6.07) is 13.2. The number of cyclic esters (lactones) is 1. The highest BCUT2D eigenvalue weighted by atomic mass is 32.1. The van der Waals surface area contributed by atoms with Crippen LogP contribution in [0.25, 0.3) is 10.2 Å². The van der Waals surface area contributed by atoms with Crippen molar-refractivity contribution >= 4 is 62.5 Å². The van der Waals surface area contributed by atoms with Crippen LogP contribution in [0.1, 0.15) is 32.4 Å². The minimum Gasteiger partial charge on any atom is -0.447 e. The molecule has 0 radical (unpaired) electrons. The Morgan fingerprint density at radius 3 is 2.59 bits per heavy atom. The topological polar surface area (TPSA) is 121 Å². The third-order valence-corrected chi connectivity index (χ3v) is 7.33. The zero-order valence-electron chi connectivity index (χ0n) is 21.8. The van der Waals surface area contributed by atoms with Crippen molar-refractivity contribution in [3.8, 4) is 0 Å². The number of fused-ring (bicyclic) bond motifs is 1. The molecule has 5 rings (SSSR count). The fourth-order valence-corrected chi connectivity index (χ4v) is 5.08. The van der Waals surface area contributed by atoms with E-state index in [9.17, 15) is 9.59 Å². The van der Waals surface area contributed by atoms with Gasteiger partial charge in [0.1, 0.15) is 12.4 Å². The van der Waals surface area contributed by atoms with Crippen LogP contribution in [-0.2, 0) is 9.53 Å². The number of aromatic nitrogens is 3. The second kappa shape index (κ2) is 11.1. The van der Waals surface area contributed by atoms with E-state index >= 15 is 0 Å². The van der Waals surface area contributed by atoms with Gasteiger partial charge in [-0.3, -0.25) is 9.69 Å². The lowest BCUT2D eigenvalue weighted by Crippen LogP contribution is -2.38. The molecule has 0 saturated carbocycles. The molecule has 39 heavy (non-hydrogen) atoms. The van der Waals surface area contributed by atoms with Crippen LogP contribution in [0, 0.1) is 5.92 Å². The van der Waals surface area contributed by atoms with Gasteiger partial charge in [-0.25, -0.2) is 14.8 Å². The van der Waals surface area contributed by atoms with Gasteiger partial charge in [0.25, 0.3) is 0 Å². The van der Waals surface area contributed by atoms with Crippen LogP contribution in [0.15, 0.2) is 66.7 Å². The number of hydrogen-bond acceptors (Lipinski definition) is 9. The number of carbonyl (C=O) groups is 2. The molecule has 200 valence electrons. The molecule has 1 aliphatic heterocycles. The molecule has 1 saturated heterocycles. The molecular weight excluding hydrogens is 514 g/mol. The molecule has 4 heterocycles. The maximum Gasteiger partial charge on any atom is 0.415 e. The Morgan fingerprint density at radius 2 is 1.90 bits per heavy atom. The quantitative estimate of drug-likeness (QED) is 0.216. The van der Waals surface area contributed by atoms with Crippen molar-refractivity contribution in [2.45, 2.75) is 32.9 Å². The van der Waals surface area contributed by atoms with Crippen molar-refractivity contribution < 1.29 is 14.3 Å². The van der Waals surface area contributed by atoms with Crippen LogP contribution in [0.2, 0.25) is 0 Å². The van der Waals surface area contributed by atoms with Crippen LogP contribution in [-0.4, -0.2) is 39.6 Å². The van der Waals surface area contributed by atoms with Crippen LogP contribution in [0.3, 0.4) is 0 Å². The minimum absolute atomic E-state index is 0.0837. The molecule has 10 nitrogen and oxygen atoms in total. The van der Waals surface area contributed by atoms with Gasteiger partial charge >= 0.3 is 6.09 Å². The maximum absolute atomic E-state index is 12.6. The summed E-state index contributed by atoms with van der Waals surface area (Å²) in [6.45, 7) is 9.96. The number of nitrogens with zero attached hydrogens (tertiary/aromatic N) is 4. The third kappa shape index (κ3) is 5.68. The number of hydrogen-bond donors (Lipinski definition) is 3. The largest absolute Gasteiger partial charge is 0.447 e. The molecule has 2 atom stereocenters. The van der Waals surface area contributed by atoms with Gasteiger partial charge in [-0.05, 0) is 60.2 Å². The highest BCUT2D eigenvalue weighted by Gasteiger charge is 2.38. The number of ether oxygens (including phenoxy) is 1. The van der Waals surface area contributed by atoms with E-state index in [4.69, 9.17) is 9.72 Å². The van der Waals surface area contributed by atoms with Crippen LogP contribution in [0.5, 0.6) is 0 Å². The molecule has 0 bridgehead atoms. The monoisotopic (exact) mass is 543 g/mol. The first-order valence-electron chi connectivity index (χ1n) is 12.6. The first-order chi connectivity index (χ1) is 18.8. The molecule has 1 fully saturated rings. The fourth-order valence-electron chi connectivity index (χ4n) is 4.26. The second-order valence-corrected chi connectivity index (χ2v) is 10.4. The van der Waals surface area contributed by atoms with E-state index in [0.29, 0.717) is 29.9 Å². The average molecular weight is 544 g/mol. The second-order valence-electron chi connectivity index (χ2n) is 9.50. The van der Waals surface area contributed by atoms with Gasteiger partial charge < -0.3 is 20.7 Å². The number of thiophene rings is 1. The Bertz CT molecular complexity index is 1500. The Labute approximate surface area is 230 Å². The van der Waals surface area contributed by atoms with Gasteiger partial charge in [-0.15, -0.1) is 11.3 Å². The Hall–Kier alpha value is -4.51. The number of nitrogens with one attached hydrogen (secondary N) is 3. The molecule has 4 aromatic rings. The van der Waals surface area contributed by atoms with Crippen molar-refractivity contribution in [2.24, 2.45) is 5.92 Å². The summed E-state index contributed by atoms with van der Waals surface area (Å²) < 4.78 is 6.23. The highest BCUT2D eigenvalue weighted by molar-refractivity contribution is 7.17. The lowest BCUT2D eigenvalue weighted by molar-refractivity contribution is -0.111. The number of benzene rings is 1. The number of anilines is 5. The van der Waals surface area contributed by atoms with Crippen molar-refractivity contribution in [1.29, 1.82) is 0 Å². The number of carbonyl (C=O) groups excluding carboxylic acids is 2. The highest BCUT2D eigenvalue weighted by Crippen LogP contribution is 2.35. The summed E-state index contributed by atoms with van der Waals surface area (Å²) in [7, 11) is 0. The van der Waals surface area contributed by atoms with Gasteiger partial charge in [0.2, 0.25) is 11.9 Å². The number of rotatable bonds is 9. The molecular formula is C28H29N7O3S. The first kappa shape index (κ1) is 26.1. The van der Waals surface area contributed by atoms with Gasteiger partial charge in [-0.1, -0.05) is 32.6 Å².